The molecule has 0 saturated carbocycles. The molecule has 0 unspecified atom stereocenters. The number of likely N-dealkylation sites (N-methyl/N-ethyl adjacent to an activating group) is 1. The van der Waals surface area contributed by atoms with Gasteiger partial charge in [0.15, 0.2) is 0 Å². The first-order chi connectivity index (χ1) is 7.22. The van der Waals surface area contributed by atoms with E-state index in [-0.39, 0.29) is 12.1 Å². The maximum Gasteiger partial charge on any atom is 0.410 e. The van der Waals surface area contributed by atoms with Crippen LogP contribution in [0.2, 0.25) is 0 Å². The van der Waals surface area contributed by atoms with Gasteiger partial charge in [0.1, 0.15) is 5.60 Å². The lowest BCUT2D eigenvalue weighted by molar-refractivity contribution is -0.00764. The van der Waals surface area contributed by atoms with E-state index in [1.165, 1.54) is 0 Å². The van der Waals surface area contributed by atoms with Crippen molar-refractivity contribution >= 4 is 6.09 Å². The van der Waals surface area contributed by atoms with Crippen molar-refractivity contribution in [2.24, 2.45) is 0 Å². The Labute approximate surface area is 98.5 Å². The minimum Gasteiger partial charge on any atom is -0.444 e. The summed E-state index contributed by atoms with van der Waals surface area (Å²) in [5.74, 6) is 0. The summed E-state index contributed by atoms with van der Waals surface area (Å²) < 4.78 is 5.40. The molecular weight excluding hydrogens is 204 g/mol. The standard InChI is InChI=1S/C12H24N2O2/c1-9-10(2)14(8-7-13(9)6)11(15)16-12(3,4)5/h9-10H,7-8H2,1-6H3/t9-,10+/m1/s1. The van der Waals surface area contributed by atoms with Crippen LogP contribution in [0.5, 0.6) is 0 Å². The second-order valence-corrected chi connectivity index (χ2v) is 5.64. The second-order valence-electron chi connectivity index (χ2n) is 5.64. The Balaban J connectivity index is 2.64. The number of carbonyl (C=O) groups excluding carboxylic acids is 1. The van der Waals surface area contributed by atoms with E-state index in [0.29, 0.717) is 6.04 Å². The average molecular weight is 228 g/mol. The summed E-state index contributed by atoms with van der Waals surface area (Å²) in [7, 11) is 2.09. The lowest BCUT2D eigenvalue weighted by Crippen LogP contribution is -2.58. The van der Waals surface area contributed by atoms with Crippen LogP contribution in [0, 0.1) is 0 Å². The number of nitrogens with zero attached hydrogens (tertiary/aromatic N) is 2. The van der Waals surface area contributed by atoms with Gasteiger partial charge in [-0.25, -0.2) is 4.79 Å². The Morgan fingerprint density at radius 3 is 2.25 bits per heavy atom. The number of carbonyl (C=O) groups is 1. The van der Waals surface area contributed by atoms with Crippen LogP contribution in [0.4, 0.5) is 4.79 Å². The highest BCUT2D eigenvalue weighted by molar-refractivity contribution is 5.68. The molecular formula is C12H24N2O2. The van der Waals surface area contributed by atoms with Gasteiger partial charge in [-0.05, 0) is 41.7 Å². The van der Waals surface area contributed by atoms with E-state index in [4.69, 9.17) is 4.74 Å². The summed E-state index contributed by atoms with van der Waals surface area (Å²) in [4.78, 5) is 16.1. The first kappa shape index (κ1) is 13.3. The topological polar surface area (TPSA) is 32.8 Å². The number of rotatable bonds is 0. The highest BCUT2D eigenvalue weighted by Gasteiger charge is 2.33. The molecule has 16 heavy (non-hydrogen) atoms. The van der Waals surface area contributed by atoms with Gasteiger partial charge in [0.2, 0.25) is 0 Å². The molecule has 0 aromatic rings. The highest BCUT2D eigenvalue weighted by Crippen LogP contribution is 2.18. The third-order valence-electron chi connectivity index (χ3n) is 3.21. The Kier molecular flexibility index (Phi) is 3.84. The van der Waals surface area contributed by atoms with Crippen molar-refractivity contribution in [3.63, 3.8) is 0 Å². The summed E-state index contributed by atoms with van der Waals surface area (Å²) in [5.41, 5.74) is -0.413. The normalized spacial score (nSPS) is 28.0. The molecule has 1 saturated heterocycles. The number of hydrogen-bond donors (Lipinski definition) is 0. The Morgan fingerprint density at radius 2 is 1.75 bits per heavy atom. The summed E-state index contributed by atoms with van der Waals surface area (Å²) in [6, 6.07) is 0.579. The molecule has 0 bridgehead atoms. The van der Waals surface area contributed by atoms with Crippen LogP contribution in [0.25, 0.3) is 0 Å². The largest absolute Gasteiger partial charge is 0.444 e. The molecule has 0 aliphatic carbocycles. The molecule has 1 aliphatic rings. The van der Waals surface area contributed by atoms with Gasteiger partial charge >= 0.3 is 6.09 Å². The van der Waals surface area contributed by atoms with Gasteiger partial charge in [-0.1, -0.05) is 0 Å². The van der Waals surface area contributed by atoms with Crippen molar-refractivity contribution in [2.75, 3.05) is 20.1 Å². The van der Waals surface area contributed by atoms with Gasteiger partial charge in [-0.2, -0.15) is 0 Å². The Bertz CT molecular complexity index is 260. The minimum atomic E-state index is -0.413. The highest BCUT2D eigenvalue weighted by atomic mass is 16.6. The zero-order valence-electron chi connectivity index (χ0n) is 11.3. The van der Waals surface area contributed by atoms with Gasteiger partial charge in [0, 0.05) is 25.2 Å². The summed E-state index contributed by atoms with van der Waals surface area (Å²) in [6.45, 7) is 11.6. The van der Waals surface area contributed by atoms with E-state index < -0.39 is 5.60 Å². The fraction of sp³-hybridized carbons (Fsp3) is 0.917. The van der Waals surface area contributed by atoms with Crippen molar-refractivity contribution < 1.29 is 9.53 Å². The van der Waals surface area contributed by atoms with Gasteiger partial charge in [0.25, 0.3) is 0 Å². The molecule has 94 valence electrons. The van der Waals surface area contributed by atoms with Crippen LogP contribution < -0.4 is 0 Å². The third kappa shape index (κ3) is 3.11. The SMILES string of the molecule is C[C@@H]1[C@H](C)N(C(=O)OC(C)(C)C)CCN1C. The van der Waals surface area contributed by atoms with Crippen molar-refractivity contribution in [2.45, 2.75) is 52.3 Å². The predicted molar refractivity (Wildman–Crippen MR) is 64.5 cm³/mol. The Hall–Kier alpha value is -0.770. The molecule has 4 heteroatoms. The molecule has 0 radical (unpaired) electrons. The number of hydrogen-bond acceptors (Lipinski definition) is 3. The third-order valence-corrected chi connectivity index (χ3v) is 3.21. The van der Waals surface area contributed by atoms with E-state index in [1.807, 2.05) is 25.7 Å². The molecule has 4 nitrogen and oxygen atoms in total. The molecule has 0 N–H and O–H groups in total. The predicted octanol–water partition coefficient (Wildman–Crippen LogP) is 1.95. The Morgan fingerprint density at radius 1 is 1.19 bits per heavy atom. The number of ether oxygens (including phenoxy) is 1. The van der Waals surface area contributed by atoms with E-state index >= 15 is 0 Å². The lowest BCUT2D eigenvalue weighted by Gasteiger charge is -2.43. The fourth-order valence-corrected chi connectivity index (χ4v) is 1.88. The van der Waals surface area contributed by atoms with Gasteiger partial charge in [-0.15, -0.1) is 0 Å². The maximum absolute atomic E-state index is 12.0. The smallest absolute Gasteiger partial charge is 0.410 e. The van der Waals surface area contributed by atoms with Crippen molar-refractivity contribution in [1.29, 1.82) is 0 Å². The molecule has 1 fully saturated rings. The molecule has 1 amide bonds. The molecule has 0 aromatic carbocycles. The lowest BCUT2D eigenvalue weighted by atomic mass is 10.1. The van der Waals surface area contributed by atoms with E-state index in [1.54, 1.807) is 0 Å². The van der Waals surface area contributed by atoms with Crippen LogP contribution in [-0.2, 0) is 4.74 Å². The maximum atomic E-state index is 12.0. The molecule has 2 atom stereocenters. The molecule has 1 aliphatic heterocycles. The van der Waals surface area contributed by atoms with Crippen LogP contribution in [-0.4, -0.2) is 53.7 Å². The number of piperazine rings is 1. The van der Waals surface area contributed by atoms with E-state index in [0.717, 1.165) is 13.1 Å². The van der Waals surface area contributed by atoms with Gasteiger partial charge in [0.05, 0.1) is 0 Å². The van der Waals surface area contributed by atoms with Crippen molar-refractivity contribution in [1.82, 2.24) is 9.80 Å². The quantitative estimate of drug-likeness (QED) is 0.635. The van der Waals surface area contributed by atoms with Crippen LogP contribution in [0.3, 0.4) is 0 Å². The molecule has 1 rings (SSSR count). The zero-order valence-corrected chi connectivity index (χ0v) is 11.3. The first-order valence-electron chi connectivity index (χ1n) is 5.92. The fourth-order valence-electron chi connectivity index (χ4n) is 1.88. The van der Waals surface area contributed by atoms with Gasteiger partial charge < -0.3 is 9.64 Å². The van der Waals surface area contributed by atoms with E-state index in [9.17, 15) is 4.79 Å². The summed E-state index contributed by atoms with van der Waals surface area (Å²) in [6.07, 6.45) is -0.194. The summed E-state index contributed by atoms with van der Waals surface area (Å²) in [5, 5.41) is 0. The van der Waals surface area contributed by atoms with Crippen LogP contribution in [0.1, 0.15) is 34.6 Å². The van der Waals surface area contributed by atoms with Crippen molar-refractivity contribution in [3.05, 3.63) is 0 Å². The average Bonchev–Trinajstić information content (AvgIpc) is 2.11. The number of amides is 1. The monoisotopic (exact) mass is 228 g/mol. The molecule has 0 aromatic heterocycles. The first-order valence-corrected chi connectivity index (χ1v) is 5.92. The van der Waals surface area contributed by atoms with Gasteiger partial charge in [-0.3, -0.25) is 4.90 Å². The van der Waals surface area contributed by atoms with E-state index in [2.05, 4.69) is 25.8 Å². The van der Waals surface area contributed by atoms with Crippen LogP contribution >= 0.6 is 0 Å². The molecule has 1 heterocycles. The van der Waals surface area contributed by atoms with Crippen LogP contribution in [0.15, 0.2) is 0 Å². The zero-order chi connectivity index (χ0) is 12.5. The summed E-state index contributed by atoms with van der Waals surface area (Å²) >= 11 is 0. The second kappa shape index (κ2) is 4.62. The van der Waals surface area contributed by atoms with Crippen molar-refractivity contribution in [3.8, 4) is 0 Å². The minimum absolute atomic E-state index is 0.194. The molecule has 0 spiro atoms.